The quantitative estimate of drug-likeness (QED) is 0.886. The van der Waals surface area contributed by atoms with Crippen molar-refractivity contribution in [2.75, 3.05) is 0 Å². The number of rotatable bonds is 2. The number of hydrogen-bond acceptors (Lipinski definition) is 3. The number of aliphatic hydroxyl groups is 1. The summed E-state index contributed by atoms with van der Waals surface area (Å²) in [6.45, 7) is 0. The first-order valence-electron chi connectivity index (χ1n) is 6.02. The number of aromatic nitrogens is 2. The Morgan fingerprint density at radius 3 is 2.94 bits per heavy atom. The van der Waals surface area contributed by atoms with Crippen molar-refractivity contribution >= 4 is 11.3 Å². The molecule has 0 saturated heterocycles. The van der Waals surface area contributed by atoms with Crippen molar-refractivity contribution in [3.63, 3.8) is 0 Å². The summed E-state index contributed by atoms with van der Waals surface area (Å²) in [5, 5.41) is 14.4. The number of nitrogens with zero attached hydrogens (tertiary/aromatic N) is 2. The fourth-order valence-electron chi connectivity index (χ4n) is 2.39. The van der Waals surface area contributed by atoms with Gasteiger partial charge in [-0.3, -0.25) is 4.68 Å². The molecule has 2 heterocycles. The van der Waals surface area contributed by atoms with E-state index in [1.54, 1.807) is 22.2 Å². The monoisotopic (exact) mass is 248 g/mol. The van der Waals surface area contributed by atoms with E-state index in [9.17, 15) is 5.11 Å². The maximum atomic E-state index is 10.3. The Hall–Kier alpha value is -1.13. The van der Waals surface area contributed by atoms with Crippen LogP contribution in [0.1, 0.15) is 39.8 Å². The van der Waals surface area contributed by atoms with Crippen molar-refractivity contribution in [2.45, 2.75) is 31.8 Å². The van der Waals surface area contributed by atoms with E-state index in [4.69, 9.17) is 0 Å². The zero-order chi connectivity index (χ0) is 11.8. The first kappa shape index (κ1) is 11.0. The van der Waals surface area contributed by atoms with E-state index >= 15 is 0 Å². The second-order valence-electron chi connectivity index (χ2n) is 4.65. The van der Waals surface area contributed by atoms with Gasteiger partial charge in [-0.1, -0.05) is 0 Å². The van der Waals surface area contributed by atoms with Gasteiger partial charge in [0.2, 0.25) is 0 Å². The third-order valence-electron chi connectivity index (χ3n) is 3.33. The third kappa shape index (κ3) is 2.03. The molecule has 1 aliphatic rings. The molecule has 2 aromatic rings. The van der Waals surface area contributed by atoms with E-state index in [0.717, 1.165) is 10.4 Å². The van der Waals surface area contributed by atoms with Crippen LogP contribution in [0, 0.1) is 0 Å². The Morgan fingerprint density at radius 2 is 2.24 bits per heavy atom. The summed E-state index contributed by atoms with van der Waals surface area (Å²) < 4.78 is 1.73. The summed E-state index contributed by atoms with van der Waals surface area (Å²) in [6, 6.07) is 2.18. The molecule has 2 aromatic heterocycles. The van der Waals surface area contributed by atoms with Crippen LogP contribution >= 0.6 is 11.3 Å². The van der Waals surface area contributed by atoms with Crippen LogP contribution in [0.15, 0.2) is 18.5 Å². The van der Waals surface area contributed by atoms with Crippen molar-refractivity contribution in [1.82, 2.24) is 9.78 Å². The molecule has 90 valence electrons. The molecule has 0 bridgehead atoms. The molecule has 3 rings (SSSR count). The first-order chi connectivity index (χ1) is 8.24. The minimum Gasteiger partial charge on any atom is -0.383 e. The van der Waals surface area contributed by atoms with Gasteiger partial charge < -0.3 is 5.11 Å². The molecule has 1 atom stereocenters. The van der Waals surface area contributed by atoms with Crippen molar-refractivity contribution in [3.05, 3.63) is 39.3 Å². The van der Waals surface area contributed by atoms with E-state index in [1.807, 2.05) is 13.2 Å². The van der Waals surface area contributed by atoms with Crippen LogP contribution in [-0.4, -0.2) is 14.9 Å². The Morgan fingerprint density at radius 1 is 1.41 bits per heavy atom. The zero-order valence-electron chi connectivity index (χ0n) is 9.89. The largest absolute Gasteiger partial charge is 0.383 e. The summed E-state index contributed by atoms with van der Waals surface area (Å²) in [4.78, 5) is 2.53. The molecule has 0 aliphatic heterocycles. The van der Waals surface area contributed by atoms with Crippen LogP contribution in [0.2, 0.25) is 0 Å². The topological polar surface area (TPSA) is 38.0 Å². The van der Waals surface area contributed by atoms with Gasteiger partial charge in [0.25, 0.3) is 0 Å². The van der Waals surface area contributed by atoms with Gasteiger partial charge in [-0.05, 0) is 37.3 Å². The van der Waals surface area contributed by atoms with E-state index in [-0.39, 0.29) is 0 Å². The maximum Gasteiger partial charge on any atom is 0.116 e. The standard InChI is InChI=1S/C13H16N2OS/c1-15-8-10(7-14-15)13(16)12-6-9-4-2-3-5-11(9)17-12/h6-8,13,16H,2-5H2,1H3. The lowest BCUT2D eigenvalue weighted by molar-refractivity contribution is 0.224. The highest BCUT2D eigenvalue weighted by atomic mass is 32.1. The first-order valence-corrected chi connectivity index (χ1v) is 6.84. The fourth-order valence-corrected chi connectivity index (χ4v) is 3.67. The van der Waals surface area contributed by atoms with Gasteiger partial charge in [-0.25, -0.2) is 0 Å². The average Bonchev–Trinajstić information content (AvgIpc) is 2.93. The van der Waals surface area contributed by atoms with E-state index < -0.39 is 6.10 Å². The lowest BCUT2D eigenvalue weighted by Crippen LogP contribution is -1.97. The van der Waals surface area contributed by atoms with Gasteiger partial charge in [0.05, 0.1) is 6.20 Å². The highest BCUT2D eigenvalue weighted by Crippen LogP contribution is 2.35. The van der Waals surface area contributed by atoms with E-state index in [1.165, 1.54) is 36.1 Å². The summed E-state index contributed by atoms with van der Waals surface area (Å²) in [5.74, 6) is 0. The molecule has 17 heavy (non-hydrogen) atoms. The molecule has 4 heteroatoms. The van der Waals surface area contributed by atoms with Gasteiger partial charge in [0, 0.05) is 28.6 Å². The minimum absolute atomic E-state index is 0.515. The number of hydrogen-bond donors (Lipinski definition) is 1. The molecule has 0 fully saturated rings. The molecule has 0 aromatic carbocycles. The lowest BCUT2D eigenvalue weighted by Gasteiger charge is -2.08. The smallest absolute Gasteiger partial charge is 0.116 e. The fraction of sp³-hybridized carbons (Fsp3) is 0.462. The maximum absolute atomic E-state index is 10.3. The predicted molar refractivity (Wildman–Crippen MR) is 68.2 cm³/mol. The number of aliphatic hydroxyl groups excluding tert-OH is 1. The Kier molecular flexibility index (Phi) is 2.76. The Labute approximate surface area is 105 Å². The Bertz CT molecular complexity index is 506. The highest BCUT2D eigenvalue weighted by Gasteiger charge is 2.19. The molecule has 0 spiro atoms. The number of aryl methyl sites for hydroxylation is 3. The van der Waals surface area contributed by atoms with Crippen molar-refractivity contribution < 1.29 is 5.11 Å². The Balaban J connectivity index is 1.91. The molecule has 1 N–H and O–H groups in total. The molecule has 0 saturated carbocycles. The normalized spacial score (nSPS) is 16.8. The van der Waals surface area contributed by atoms with Gasteiger partial charge in [-0.15, -0.1) is 11.3 Å². The summed E-state index contributed by atoms with van der Waals surface area (Å²) in [7, 11) is 1.87. The molecular formula is C13H16N2OS. The van der Waals surface area contributed by atoms with Crippen molar-refractivity contribution in [2.24, 2.45) is 7.05 Å². The summed E-state index contributed by atoms with van der Waals surface area (Å²) in [6.07, 6.45) is 8.03. The van der Waals surface area contributed by atoms with Gasteiger partial charge >= 0.3 is 0 Å². The molecule has 1 aliphatic carbocycles. The molecule has 1 unspecified atom stereocenters. The summed E-state index contributed by atoms with van der Waals surface area (Å²) >= 11 is 1.76. The average molecular weight is 248 g/mol. The second-order valence-corrected chi connectivity index (χ2v) is 5.82. The third-order valence-corrected chi connectivity index (χ3v) is 4.62. The minimum atomic E-state index is -0.515. The zero-order valence-corrected chi connectivity index (χ0v) is 10.7. The molecule has 0 amide bonds. The molecule has 0 radical (unpaired) electrons. The SMILES string of the molecule is Cn1cc(C(O)c2cc3c(s2)CCCC3)cn1. The summed E-state index contributed by atoms with van der Waals surface area (Å²) in [5.41, 5.74) is 2.32. The highest BCUT2D eigenvalue weighted by molar-refractivity contribution is 7.12. The van der Waals surface area contributed by atoms with Crippen LogP contribution in [0.25, 0.3) is 0 Å². The van der Waals surface area contributed by atoms with Crippen LogP contribution in [0.3, 0.4) is 0 Å². The lowest BCUT2D eigenvalue weighted by atomic mass is 9.98. The van der Waals surface area contributed by atoms with E-state index in [2.05, 4.69) is 11.2 Å². The number of fused-ring (bicyclic) bond motifs is 1. The van der Waals surface area contributed by atoms with Gasteiger partial charge in [0.15, 0.2) is 0 Å². The molecular weight excluding hydrogens is 232 g/mol. The predicted octanol–water partition coefficient (Wildman–Crippen LogP) is 2.44. The van der Waals surface area contributed by atoms with Crippen LogP contribution in [0.5, 0.6) is 0 Å². The van der Waals surface area contributed by atoms with Crippen molar-refractivity contribution in [1.29, 1.82) is 0 Å². The van der Waals surface area contributed by atoms with Crippen LogP contribution < -0.4 is 0 Å². The van der Waals surface area contributed by atoms with Gasteiger partial charge in [0.1, 0.15) is 6.10 Å². The van der Waals surface area contributed by atoms with Gasteiger partial charge in [-0.2, -0.15) is 5.10 Å². The van der Waals surface area contributed by atoms with Crippen molar-refractivity contribution in [3.8, 4) is 0 Å². The van der Waals surface area contributed by atoms with E-state index in [0.29, 0.717) is 0 Å². The second kappa shape index (κ2) is 4.27. The van der Waals surface area contributed by atoms with Crippen LogP contribution in [-0.2, 0) is 19.9 Å². The number of thiophene rings is 1. The van der Waals surface area contributed by atoms with Crippen LogP contribution in [0.4, 0.5) is 0 Å². The molecule has 3 nitrogen and oxygen atoms in total.